The lowest BCUT2D eigenvalue weighted by molar-refractivity contribution is -0.136. The molecule has 4 nitrogen and oxygen atoms in total. The third kappa shape index (κ3) is 4.63. The minimum absolute atomic E-state index is 0.294. The largest absolute Gasteiger partial charge is 0.382 e. The zero-order valence-corrected chi connectivity index (χ0v) is 14.5. The first-order valence-electron chi connectivity index (χ1n) is 7.72. The summed E-state index contributed by atoms with van der Waals surface area (Å²) in [7, 11) is 3.24. The summed E-state index contributed by atoms with van der Waals surface area (Å²) in [5.41, 5.74) is 3.83. The monoisotopic (exact) mass is 308 g/mol. The Bertz CT molecular complexity index is 480. The van der Waals surface area contributed by atoms with Crippen LogP contribution in [0.5, 0.6) is 0 Å². The number of hydrogen-bond acceptors (Lipinski definition) is 4. The van der Waals surface area contributed by atoms with Gasteiger partial charge in [-0.25, -0.2) is 0 Å². The molecule has 0 bridgehead atoms. The van der Waals surface area contributed by atoms with E-state index >= 15 is 0 Å². The number of hydrogen-bond donors (Lipinski definition) is 0. The minimum atomic E-state index is -0.493. The van der Waals surface area contributed by atoms with Crippen LogP contribution in [0.1, 0.15) is 72.9 Å². The first kappa shape index (κ1) is 18.8. The van der Waals surface area contributed by atoms with E-state index < -0.39 is 6.29 Å². The fraction of sp³-hybridized carbons (Fsp3) is 0.611. The second-order valence-corrected chi connectivity index (χ2v) is 5.97. The summed E-state index contributed by atoms with van der Waals surface area (Å²) >= 11 is 0. The Morgan fingerprint density at radius 3 is 2.05 bits per heavy atom. The summed E-state index contributed by atoms with van der Waals surface area (Å²) in [5.74, 6) is 0.610. The first-order chi connectivity index (χ1) is 10.5. The van der Waals surface area contributed by atoms with Crippen molar-refractivity contribution >= 4 is 6.29 Å². The number of carbonyl (C=O) groups is 1. The van der Waals surface area contributed by atoms with Crippen molar-refractivity contribution in [3.05, 3.63) is 34.4 Å². The van der Waals surface area contributed by atoms with Crippen molar-refractivity contribution < 1.29 is 19.0 Å². The van der Waals surface area contributed by atoms with Crippen molar-refractivity contribution in [1.82, 2.24) is 0 Å². The molecule has 0 radical (unpaired) electrons. The minimum Gasteiger partial charge on any atom is -0.382 e. The number of aldehydes is 1. The SMILES string of the molecule is COCCOC(OC)c1cc(C=O)c(C(C)C)cc1C(C)C. The van der Waals surface area contributed by atoms with Gasteiger partial charge in [-0.1, -0.05) is 33.8 Å². The molecule has 4 heteroatoms. The predicted octanol–water partition coefficient (Wildman–Crippen LogP) is 4.05. The van der Waals surface area contributed by atoms with Gasteiger partial charge in [-0.2, -0.15) is 0 Å². The zero-order valence-electron chi connectivity index (χ0n) is 14.5. The summed E-state index contributed by atoms with van der Waals surface area (Å²) in [5, 5.41) is 0. The molecule has 0 spiro atoms. The number of carbonyl (C=O) groups excluding carboxylic acids is 1. The van der Waals surface area contributed by atoms with E-state index in [1.165, 1.54) is 0 Å². The molecule has 22 heavy (non-hydrogen) atoms. The molecule has 0 aliphatic carbocycles. The molecule has 1 rings (SSSR count). The Morgan fingerprint density at radius 1 is 0.955 bits per heavy atom. The standard InChI is InChI=1S/C18H28O4/c1-12(2)15-10-16(13(3)4)17(9-14(15)11-19)18(21-6)22-8-7-20-5/h9-13,18H,7-8H2,1-6H3. The lowest BCUT2D eigenvalue weighted by Crippen LogP contribution is -2.14. The second-order valence-electron chi connectivity index (χ2n) is 5.97. The molecule has 0 aliphatic rings. The molecule has 0 amide bonds. The zero-order chi connectivity index (χ0) is 16.7. The highest BCUT2D eigenvalue weighted by atomic mass is 16.7. The molecule has 0 heterocycles. The predicted molar refractivity (Wildman–Crippen MR) is 87.6 cm³/mol. The van der Waals surface area contributed by atoms with E-state index in [4.69, 9.17) is 14.2 Å². The summed E-state index contributed by atoms with van der Waals surface area (Å²) < 4.78 is 16.2. The van der Waals surface area contributed by atoms with Gasteiger partial charge in [0.25, 0.3) is 0 Å². The van der Waals surface area contributed by atoms with E-state index in [1.54, 1.807) is 14.2 Å². The first-order valence-corrected chi connectivity index (χ1v) is 7.72. The molecule has 124 valence electrons. The van der Waals surface area contributed by atoms with E-state index in [2.05, 4.69) is 33.8 Å². The van der Waals surface area contributed by atoms with Crippen LogP contribution in [-0.2, 0) is 14.2 Å². The number of rotatable bonds is 9. The Kier molecular flexibility index (Phi) is 7.73. The highest BCUT2D eigenvalue weighted by Gasteiger charge is 2.21. The van der Waals surface area contributed by atoms with E-state index in [0.29, 0.717) is 30.6 Å². The average molecular weight is 308 g/mol. The van der Waals surface area contributed by atoms with Gasteiger partial charge in [0.05, 0.1) is 13.2 Å². The Labute approximate surface area is 133 Å². The lowest BCUT2D eigenvalue weighted by atomic mass is 9.88. The van der Waals surface area contributed by atoms with Crippen LogP contribution in [-0.4, -0.2) is 33.7 Å². The van der Waals surface area contributed by atoms with Crippen molar-refractivity contribution in [2.75, 3.05) is 27.4 Å². The van der Waals surface area contributed by atoms with Crippen LogP contribution in [0.2, 0.25) is 0 Å². The van der Waals surface area contributed by atoms with Gasteiger partial charge in [-0.15, -0.1) is 0 Å². The van der Waals surface area contributed by atoms with Gasteiger partial charge >= 0.3 is 0 Å². The van der Waals surface area contributed by atoms with Crippen molar-refractivity contribution in [3.63, 3.8) is 0 Å². The van der Waals surface area contributed by atoms with Gasteiger partial charge in [0, 0.05) is 25.3 Å². The van der Waals surface area contributed by atoms with Crippen molar-refractivity contribution in [1.29, 1.82) is 0 Å². The van der Waals surface area contributed by atoms with Crippen LogP contribution in [0.25, 0.3) is 0 Å². The van der Waals surface area contributed by atoms with E-state index in [1.807, 2.05) is 6.07 Å². The molecule has 1 atom stereocenters. The second kappa shape index (κ2) is 9.03. The van der Waals surface area contributed by atoms with Crippen LogP contribution >= 0.6 is 0 Å². The van der Waals surface area contributed by atoms with Gasteiger partial charge in [0.15, 0.2) is 6.29 Å². The average Bonchev–Trinajstić information content (AvgIpc) is 2.50. The highest BCUT2D eigenvalue weighted by Crippen LogP contribution is 2.32. The smallest absolute Gasteiger partial charge is 0.183 e. The molecule has 0 fully saturated rings. The molecular formula is C18H28O4. The fourth-order valence-corrected chi connectivity index (χ4v) is 2.50. The normalized spacial score (nSPS) is 12.9. The maximum Gasteiger partial charge on any atom is 0.183 e. The fourth-order valence-electron chi connectivity index (χ4n) is 2.50. The van der Waals surface area contributed by atoms with Crippen LogP contribution in [0.4, 0.5) is 0 Å². The van der Waals surface area contributed by atoms with Gasteiger partial charge in [-0.3, -0.25) is 4.79 Å². The molecular weight excluding hydrogens is 280 g/mol. The Hall–Kier alpha value is -1.23. The molecule has 0 saturated carbocycles. The quantitative estimate of drug-likeness (QED) is 0.392. The van der Waals surface area contributed by atoms with Crippen LogP contribution in [0.3, 0.4) is 0 Å². The van der Waals surface area contributed by atoms with E-state index in [-0.39, 0.29) is 0 Å². The Morgan fingerprint density at radius 2 is 1.59 bits per heavy atom. The topological polar surface area (TPSA) is 44.8 Å². The summed E-state index contributed by atoms with van der Waals surface area (Å²) in [4.78, 5) is 11.4. The Balaban J connectivity index is 3.27. The van der Waals surface area contributed by atoms with Crippen molar-refractivity contribution in [3.8, 4) is 0 Å². The molecule has 0 saturated heterocycles. The molecule has 1 aromatic carbocycles. The third-order valence-corrected chi connectivity index (χ3v) is 3.68. The maximum atomic E-state index is 11.4. The van der Waals surface area contributed by atoms with E-state index in [9.17, 15) is 4.79 Å². The molecule has 1 aromatic rings. The third-order valence-electron chi connectivity index (χ3n) is 3.68. The number of ether oxygens (including phenoxy) is 3. The van der Waals surface area contributed by atoms with Gasteiger partial charge in [0.1, 0.15) is 6.29 Å². The number of benzene rings is 1. The van der Waals surface area contributed by atoms with Crippen LogP contribution in [0.15, 0.2) is 12.1 Å². The summed E-state index contributed by atoms with van der Waals surface area (Å²) in [6, 6.07) is 4.01. The van der Waals surface area contributed by atoms with Gasteiger partial charge in [0.2, 0.25) is 0 Å². The molecule has 0 aromatic heterocycles. The summed E-state index contributed by atoms with van der Waals surface area (Å²) in [6.07, 6.45) is 0.414. The number of methoxy groups -OCH3 is 2. The maximum absolute atomic E-state index is 11.4. The van der Waals surface area contributed by atoms with Crippen LogP contribution in [0, 0.1) is 0 Å². The molecule has 0 aliphatic heterocycles. The molecule has 0 N–H and O–H groups in total. The van der Waals surface area contributed by atoms with Crippen LogP contribution < -0.4 is 0 Å². The summed E-state index contributed by atoms with van der Waals surface area (Å²) in [6.45, 7) is 9.39. The molecule has 1 unspecified atom stereocenters. The van der Waals surface area contributed by atoms with Crippen molar-refractivity contribution in [2.24, 2.45) is 0 Å². The lowest BCUT2D eigenvalue weighted by Gasteiger charge is -2.24. The van der Waals surface area contributed by atoms with Gasteiger partial charge in [-0.05, 0) is 29.0 Å². The van der Waals surface area contributed by atoms with E-state index in [0.717, 1.165) is 23.0 Å². The van der Waals surface area contributed by atoms with Crippen molar-refractivity contribution in [2.45, 2.75) is 45.8 Å². The van der Waals surface area contributed by atoms with Gasteiger partial charge < -0.3 is 14.2 Å². The highest BCUT2D eigenvalue weighted by molar-refractivity contribution is 5.78.